The van der Waals surface area contributed by atoms with Gasteiger partial charge in [-0.3, -0.25) is 14.4 Å². The van der Waals surface area contributed by atoms with Gasteiger partial charge >= 0.3 is 17.9 Å². The zero-order valence-corrected chi connectivity index (χ0v) is 37.4. The molecule has 0 N–H and O–H groups in total. The highest BCUT2D eigenvalue weighted by Gasteiger charge is 2.19. The Bertz CT molecular complexity index is 828. The van der Waals surface area contributed by atoms with Crippen molar-refractivity contribution in [3.63, 3.8) is 0 Å². The summed E-state index contributed by atoms with van der Waals surface area (Å²) in [5.74, 6) is -0.0370. The summed E-state index contributed by atoms with van der Waals surface area (Å²) in [7, 11) is 0. The van der Waals surface area contributed by atoms with Crippen LogP contribution in [0.15, 0.2) is 0 Å². The van der Waals surface area contributed by atoms with Crippen molar-refractivity contribution in [1.29, 1.82) is 0 Å². The van der Waals surface area contributed by atoms with Crippen LogP contribution in [0.25, 0.3) is 0 Å². The molecule has 0 spiro atoms. The number of carbonyl (C=O) groups is 3. The van der Waals surface area contributed by atoms with Crippen LogP contribution in [0.1, 0.15) is 272 Å². The Kier molecular flexibility index (Phi) is 42.3. The maximum atomic E-state index is 12.7. The molecule has 0 aromatic rings. The van der Waals surface area contributed by atoms with E-state index in [1.165, 1.54) is 167 Å². The molecule has 2 atom stereocenters. The zero-order valence-electron chi connectivity index (χ0n) is 37.4. The van der Waals surface area contributed by atoms with Gasteiger partial charge in [0.2, 0.25) is 0 Å². The fourth-order valence-electron chi connectivity index (χ4n) is 7.30. The van der Waals surface area contributed by atoms with Crippen molar-refractivity contribution in [1.82, 2.24) is 0 Å². The van der Waals surface area contributed by atoms with Crippen molar-refractivity contribution in [2.45, 2.75) is 278 Å². The molecule has 0 aliphatic heterocycles. The second-order valence-corrected chi connectivity index (χ2v) is 17.0. The SMILES string of the molecule is CCCCCCCCCCCCCCCCC(=O)OC[C@H](COC(=O)CCCCCCCCC(C)CC)OC(=O)CCCCCCCCCCCCCCC. The van der Waals surface area contributed by atoms with E-state index in [-0.39, 0.29) is 31.1 Å². The summed E-state index contributed by atoms with van der Waals surface area (Å²) in [6, 6.07) is 0. The van der Waals surface area contributed by atoms with Crippen molar-refractivity contribution in [3.8, 4) is 0 Å². The topological polar surface area (TPSA) is 78.9 Å². The minimum Gasteiger partial charge on any atom is -0.462 e. The Balaban J connectivity index is 4.32. The molecule has 326 valence electrons. The van der Waals surface area contributed by atoms with Crippen LogP contribution in [0.2, 0.25) is 0 Å². The minimum atomic E-state index is -0.760. The molecule has 0 amide bonds. The molecule has 0 aromatic heterocycles. The first-order valence-corrected chi connectivity index (χ1v) is 24.4. The van der Waals surface area contributed by atoms with Crippen molar-refractivity contribution >= 4 is 17.9 Å². The Hall–Kier alpha value is -1.59. The van der Waals surface area contributed by atoms with Gasteiger partial charge in [0, 0.05) is 19.3 Å². The van der Waals surface area contributed by atoms with Crippen LogP contribution in [0.5, 0.6) is 0 Å². The number of unbranched alkanes of at least 4 members (excludes halogenated alkanes) is 30. The van der Waals surface area contributed by atoms with E-state index in [1.807, 2.05) is 0 Å². The van der Waals surface area contributed by atoms with Gasteiger partial charge in [-0.1, -0.05) is 233 Å². The average Bonchev–Trinajstić information content (AvgIpc) is 3.18. The molecular weight excluding hydrogens is 685 g/mol. The van der Waals surface area contributed by atoms with E-state index < -0.39 is 6.10 Å². The third-order valence-corrected chi connectivity index (χ3v) is 11.4. The van der Waals surface area contributed by atoms with Crippen LogP contribution >= 0.6 is 0 Å². The Morgan fingerprint density at radius 1 is 0.364 bits per heavy atom. The van der Waals surface area contributed by atoms with E-state index in [1.54, 1.807) is 0 Å². The molecule has 6 nitrogen and oxygen atoms in total. The van der Waals surface area contributed by atoms with Crippen molar-refractivity contribution in [2.75, 3.05) is 13.2 Å². The third kappa shape index (κ3) is 41.9. The molecule has 0 aliphatic rings. The fourth-order valence-corrected chi connectivity index (χ4v) is 7.30. The summed E-state index contributed by atoms with van der Waals surface area (Å²) in [6.07, 6.45) is 43.7. The summed E-state index contributed by atoms with van der Waals surface area (Å²) < 4.78 is 16.8. The number of ether oxygens (including phenoxy) is 3. The maximum absolute atomic E-state index is 12.7. The van der Waals surface area contributed by atoms with Gasteiger partial charge < -0.3 is 14.2 Å². The van der Waals surface area contributed by atoms with E-state index in [4.69, 9.17) is 14.2 Å². The molecule has 1 unspecified atom stereocenters. The van der Waals surface area contributed by atoms with Crippen LogP contribution in [-0.2, 0) is 28.6 Å². The normalized spacial score (nSPS) is 12.4. The number of carbonyl (C=O) groups excluding carboxylic acids is 3. The van der Waals surface area contributed by atoms with Crippen LogP contribution in [-0.4, -0.2) is 37.2 Å². The Labute approximate surface area is 342 Å². The van der Waals surface area contributed by atoms with E-state index >= 15 is 0 Å². The van der Waals surface area contributed by atoms with Gasteiger partial charge in [-0.2, -0.15) is 0 Å². The number of hydrogen-bond donors (Lipinski definition) is 0. The second kappa shape index (κ2) is 43.5. The van der Waals surface area contributed by atoms with Crippen LogP contribution in [0.3, 0.4) is 0 Å². The highest BCUT2D eigenvalue weighted by atomic mass is 16.6. The fraction of sp³-hybridized carbons (Fsp3) is 0.939. The molecule has 0 rings (SSSR count). The number of hydrogen-bond acceptors (Lipinski definition) is 6. The molecule has 0 radical (unpaired) electrons. The van der Waals surface area contributed by atoms with Crippen molar-refractivity contribution in [3.05, 3.63) is 0 Å². The first-order valence-electron chi connectivity index (χ1n) is 24.4. The van der Waals surface area contributed by atoms with Gasteiger partial charge in [0.25, 0.3) is 0 Å². The van der Waals surface area contributed by atoms with Gasteiger partial charge in [0.15, 0.2) is 6.10 Å². The van der Waals surface area contributed by atoms with E-state index in [9.17, 15) is 14.4 Å². The zero-order chi connectivity index (χ0) is 40.3. The summed E-state index contributed by atoms with van der Waals surface area (Å²) in [6.45, 7) is 8.98. The van der Waals surface area contributed by atoms with Gasteiger partial charge in [-0.25, -0.2) is 0 Å². The molecule has 0 aromatic carbocycles. The molecule has 0 heterocycles. The molecule has 0 saturated heterocycles. The molecular formula is C49H94O6. The lowest BCUT2D eigenvalue weighted by molar-refractivity contribution is -0.167. The lowest BCUT2D eigenvalue weighted by atomic mass is 10.00. The molecule has 0 aliphatic carbocycles. The van der Waals surface area contributed by atoms with Gasteiger partial charge in [-0.05, 0) is 25.2 Å². The standard InChI is InChI=1S/C49H94O6/c1-5-8-10-12-14-16-18-20-22-23-25-27-32-36-40-47(50)53-43-46(44-54-48(51)41-37-33-30-29-31-35-39-45(4)7-3)55-49(52)42-38-34-28-26-24-21-19-17-15-13-11-9-6-2/h45-46H,5-44H2,1-4H3/t45?,46-/m1/s1. The Morgan fingerprint density at radius 2 is 0.636 bits per heavy atom. The first kappa shape index (κ1) is 53.4. The minimum absolute atomic E-state index is 0.0638. The largest absolute Gasteiger partial charge is 0.462 e. The third-order valence-electron chi connectivity index (χ3n) is 11.4. The van der Waals surface area contributed by atoms with Crippen molar-refractivity contribution < 1.29 is 28.6 Å². The summed E-state index contributed by atoms with van der Waals surface area (Å²) >= 11 is 0. The van der Waals surface area contributed by atoms with Crippen molar-refractivity contribution in [2.24, 2.45) is 5.92 Å². The smallest absolute Gasteiger partial charge is 0.306 e. The van der Waals surface area contributed by atoms with E-state index in [2.05, 4.69) is 27.7 Å². The Morgan fingerprint density at radius 3 is 0.945 bits per heavy atom. The van der Waals surface area contributed by atoms with E-state index in [0.717, 1.165) is 63.7 Å². The summed E-state index contributed by atoms with van der Waals surface area (Å²) in [5.41, 5.74) is 0. The number of rotatable bonds is 44. The molecule has 0 saturated carbocycles. The highest BCUT2D eigenvalue weighted by Crippen LogP contribution is 2.17. The van der Waals surface area contributed by atoms with Crippen LogP contribution in [0, 0.1) is 5.92 Å². The number of esters is 3. The maximum Gasteiger partial charge on any atom is 0.306 e. The first-order chi connectivity index (χ1) is 26.9. The molecule has 55 heavy (non-hydrogen) atoms. The average molecular weight is 779 g/mol. The van der Waals surface area contributed by atoms with Crippen LogP contribution < -0.4 is 0 Å². The van der Waals surface area contributed by atoms with Gasteiger partial charge in [0.1, 0.15) is 13.2 Å². The molecule has 0 bridgehead atoms. The van der Waals surface area contributed by atoms with Crippen LogP contribution in [0.4, 0.5) is 0 Å². The predicted octanol–water partition coefficient (Wildman–Crippen LogP) is 15.5. The lowest BCUT2D eigenvalue weighted by Gasteiger charge is -2.18. The molecule has 0 fully saturated rings. The van der Waals surface area contributed by atoms with Gasteiger partial charge in [0.05, 0.1) is 0 Å². The van der Waals surface area contributed by atoms with E-state index in [0.29, 0.717) is 19.3 Å². The van der Waals surface area contributed by atoms with Gasteiger partial charge in [-0.15, -0.1) is 0 Å². The highest BCUT2D eigenvalue weighted by molar-refractivity contribution is 5.71. The lowest BCUT2D eigenvalue weighted by Crippen LogP contribution is -2.30. The quantitative estimate of drug-likeness (QED) is 0.0348. The summed E-state index contributed by atoms with van der Waals surface area (Å²) in [4.78, 5) is 37.8. The summed E-state index contributed by atoms with van der Waals surface area (Å²) in [5, 5.41) is 0. The predicted molar refractivity (Wildman–Crippen MR) is 233 cm³/mol. The monoisotopic (exact) mass is 779 g/mol. The molecule has 6 heteroatoms. The second-order valence-electron chi connectivity index (χ2n) is 17.0.